The molecule has 1 N–H and O–H groups in total. The number of piperazine rings is 1. The summed E-state index contributed by atoms with van der Waals surface area (Å²) in [6.07, 6.45) is 0. The lowest BCUT2D eigenvalue weighted by molar-refractivity contribution is -0.128. The molecular weight excluding hydrogens is 332 g/mol. The van der Waals surface area contributed by atoms with Crippen LogP contribution in [0, 0.1) is 0 Å². The average molecular weight is 361 g/mol. The normalized spacial score (nSPS) is 18.4. The van der Waals surface area contributed by atoms with E-state index in [0.717, 1.165) is 38.2 Å². The number of carbonyl (C=O) groups excluding carboxylic acids is 1. The number of carbonyl (C=O) groups is 1. The first-order valence-corrected chi connectivity index (χ1v) is 9.76. The summed E-state index contributed by atoms with van der Waals surface area (Å²) in [4.78, 5) is 21.8. The van der Waals surface area contributed by atoms with Crippen molar-refractivity contribution < 1.29 is 4.79 Å². The van der Waals surface area contributed by atoms with E-state index in [2.05, 4.69) is 33.3 Å². The van der Waals surface area contributed by atoms with Crippen molar-refractivity contribution in [2.75, 3.05) is 26.2 Å². The smallest absolute Gasteiger partial charge is 0.237 e. The van der Waals surface area contributed by atoms with Gasteiger partial charge in [-0.25, -0.2) is 4.98 Å². The Bertz CT molecular complexity index is 695. The molecule has 1 aliphatic heterocycles. The van der Waals surface area contributed by atoms with Crippen molar-refractivity contribution in [3.8, 4) is 0 Å². The highest BCUT2D eigenvalue weighted by molar-refractivity contribution is 7.18. The van der Waals surface area contributed by atoms with Crippen LogP contribution in [0.2, 0.25) is 0 Å². The second-order valence-corrected chi connectivity index (χ2v) is 8.92. The number of hydrogen-bond donors (Lipinski definition) is 1. The van der Waals surface area contributed by atoms with E-state index in [4.69, 9.17) is 4.98 Å². The number of aromatic nitrogens is 1. The maximum atomic E-state index is 12.4. The average Bonchev–Trinajstić information content (AvgIpc) is 2.95. The predicted molar refractivity (Wildman–Crippen MR) is 104 cm³/mol. The van der Waals surface area contributed by atoms with Crippen molar-refractivity contribution in [2.24, 2.45) is 0 Å². The highest BCUT2D eigenvalue weighted by Crippen LogP contribution is 2.23. The highest BCUT2D eigenvalue weighted by atomic mass is 32.1. The Kier molecular flexibility index (Phi) is 5.41. The minimum absolute atomic E-state index is 0.0798. The van der Waals surface area contributed by atoms with Gasteiger partial charge in [0.15, 0.2) is 0 Å². The van der Waals surface area contributed by atoms with Gasteiger partial charge in [0, 0.05) is 31.7 Å². The second-order valence-electron chi connectivity index (χ2n) is 7.80. The van der Waals surface area contributed by atoms with Crippen molar-refractivity contribution in [1.82, 2.24) is 20.1 Å². The summed E-state index contributed by atoms with van der Waals surface area (Å²) < 4.78 is 1.25. The van der Waals surface area contributed by atoms with Crippen LogP contribution in [0.3, 0.4) is 0 Å². The van der Waals surface area contributed by atoms with E-state index in [1.807, 2.05) is 33.8 Å². The minimum atomic E-state index is -0.181. The van der Waals surface area contributed by atoms with E-state index >= 15 is 0 Å². The topological polar surface area (TPSA) is 48.5 Å². The molecule has 0 bridgehead atoms. The number of rotatable bonds is 4. The molecule has 1 unspecified atom stereocenters. The van der Waals surface area contributed by atoms with Crippen molar-refractivity contribution in [3.05, 3.63) is 29.3 Å². The molecule has 2 aromatic rings. The number of amides is 1. The molecule has 1 aromatic heterocycles. The van der Waals surface area contributed by atoms with E-state index in [1.54, 1.807) is 11.3 Å². The maximum Gasteiger partial charge on any atom is 0.237 e. The molecule has 2 heterocycles. The first-order chi connectivity index (χ1) is 11.8. The summed E-state index contributed by atoms with van der Waals surface area (Å²) in [6, 6.07) is 8.22. The maximum absolute atomic E-state index is 12.4. The van der Waals surface area contributed by atoms with Crippen LogP contribution in [0.15, 0.2) is 24.3 Å². The van der Waals surface area contributed by atoms with Gasteiger partial charge in [-0.2, -0.15) is 0 Å². The number of para-hydroxylation sites is 1. The zero-order valence-corrected chi connectivity index (χ0v) is 16.4. The third kappa shape index (κ3) is 4.77. The molecule has 0 spiro atoms. The van der Waals surface area contributed by atoms with Gasteiger partial charge >= 0.3 is 0 Å². The molecule has 1 atom stereocenters. The van der Waals surface area contributed by atoms with Crippen LogP contribution in [-0.2, 0) is 11.3 Å². The first-order valence-electron chi connectivity index (χ1n) is 8.95. The van der Waals surface area contributed by atoms with Gasteiger partial charge in [-0.1, -0.05) is 12.1 Å². The monoisotopic (exact) mass is 360 g/mol. The molecule has 5 nitrogen and oxygen atoms in total. The summed E-state index contributed by atoms with van der Waals surface area (Å²) in [7, 11) is 0. The molecule has 136 valence electrons. The van der Waals surface area contributed by atoms with Gasteiger partial charge < -0.3 is 5.32 Å². The fourth-order valence-corrected chi connectivity index (χ4v) is 4.14. The Morgan fingerprint density at radius 3 is 2.56 bits per heavy atom. The molecule has 3 rings (SSSR count). The number of nitrogens with one attached hydrogen (secondary N) is 1. The third-order valence-electron chi connectivity index (χ3n) is 4.53. The lowest BCUT2D eigenvalue weighted by Crippen LogP contribution is -2.56. The van der Waals surface area contributed by atoms with Crippen molar-refractivity contribution in [3.63, 3.8) is 0 Å². The van der Waals surface area contributed by atoms with Crippen molar-refractivity contribution in [1.29, 1.82) is 0 Å². The van der Waals surface area contributed by atoms with Crippen LogP contribution in [0.1, 0.15) is 32.7 Å². The van der Waals surface area contributed by atoms with Crippen molar-refractivity contribution in [2.45, 2.75) is 45.8 Å². The SMILES string of the molecule is CC(C(=O)NC(C)(C)C)N1CCN(Cc2nc3ccccc3s2)CC1. The van der Waals surface area contributed by atoms with Crippen LogP contribution in [0.4, 0.5) is 0 Å². The zero-order chi connectivity index (χ0) is 18.0. The Labute approximate surface area is 154 Å². The molecule has 6 heteroatoms. The van der Waals surface area contributed by atoms with Crippen LogP contribution in [0.25, 0.3) is 10.2 Å². The molecule has 1 fully saturated rings. The van der Waals surface area contributed by atoms with Crippen LogP contribution in [-0.4, -0.2) is 58.5 Å². The Balaban J connectivity index is 1.52. The standard InChI is InChI=1S/C19H28N4OS/c1-14(18(24)21-19(2,3)4)23-11-9-22(10-12-23)13-17-20-15-7-5-6-8-16(15)25-17/h5-8,14H,9-13H2,1-4H3,(H,21,24). The van der Waals surface area contributed by atoms with Gasteiger partial charge in [-0.15, -0.1) is 11.3 Å². The van der Waals surface area contributed by atoms with Gasteiger partial charge in [-0.05, 0) is 39.8 Å². The number of hydrogen-bond acceptors (Lipinski definition) is 5. The summed E-state index contributed by atoms with van der Waals surface area (Å²) in [5, 5.41) is 4.25. The molecular formula is C19H28N4OS. The van der Waals surface area contributed by atoms with Crippen LogP contribution >= 0.6 is 11.3 Å². The number of thiazole rings is 1. The minimum Gasteiger partial charge on any atom is -0.350 e. The lowest BCUT2D eigenvalue weighted by Gasteiger charge is -2.38. The molecule has 1 aliphatic rings. The summed E-state index contributed by atoms with van der Waals surface area (Å²) in [5.74, 6) is 0.118. The Hall–Kier alpha value is -1.50. The molecule has 0 saturated carbocycles. The van der Waals surface area contributed by atoms with Crippen LogP contribution in [0.5, 0.6) is 0 Å². The summed E-state index contributed by atoms with van der Waals surface area (Å²) >= 11 is 1.78. The number of benzene rings is 1. The van der Waals surface area contributed by atoms with E-state index in [9.17, 15) is 4.79 Å². The third-order valence-corrected chi connectivity index (χ3v) is 5.55. The van der Waals surface area contributed by atoms with Gasteiger partial charge in [0.25, 0.3) is 0 Å². The predicted octanol–water partition coefficient (Wildman–Crippen LogP) is 2.72. The zero-order valence-electron chi connectivity index (χ0n) is 15.6. The summed E-state index contributed by atoms with van der Waals surface area (Å²) in [6.45, 7) is 12.8. The second kappa shape index (κ2) is 7.40. The van der Waals surface area contributed by atoms with E-state index in [0.29, 0.717) is 0 Å². The van der Waals surface area contributed by atoms with Gasteiger partial charge in [0.05, 0.1) is 22.8 Å². The van der Waals surface area contributed by atoms with Crippen molar-refractivity contribution >= 4 is 27.5 Å². The lowest BCUT2D eigenvalue weighted by atomic mass is 10.1. The Morgan fingerprint density at radius 1 is 1.24 bits per heavy atom. The molecule has 1 saturated heterocycles. The molecule has 25 heavy (non-hydrogen) atoms. The van der Waals surface area contributed by atoms with Gasteiger partial charge in [-0.3, -0.25) is 14.6 Å². The number of nitrogens with zero attached hydrogens (tertiary/aromatic N) is 3. The van der Waals surface area contributed by atoms with E-state index in [1.165, 1.54) is 9.71 Å². The fourth-order valence-electron chi connectivity index (χ4n) is 3.13. The van der Waals surface area contributed by atoms with Crippen LogP contribution < -0.4 is 5.32 Å². The van der Waals surface area contributed by atoms with Gasteiger partial charge in [0.1, 0.15) is 5.01 Å². The highest BCUT2D eigenvalue weighted by Gasteiger charge is 2.27. The molecule has 0 radical (unpaired) electrons. The summed E-state index contributed by atoms with van der Waals surface area (Å²) in [5.41, 5.74) is 0.911. The number of fused-ring (bicyclic) bond motifs is 1. The van der Waals surface area contributed by atoms with E-state index < -0.39 is 0 Å². The van der Waals surface area contributed by atoms with Gasteiger partial charge in [0.2, 0.25) is 5.91 Å². The molecule has 1 aromatic carbocycles. The molecule has 0 aliphatic carbocycles. The molecule has 1 amide bonds. The largest absolute Gasteiger partial charge is 0.350 e. The Morgan fingerprint density at radius 2 is 1.92 bits per heavy atom. The quantitative estimate of drug-likeness (QED) is 0.911. The first kappa shape index (κ1) is 18.3. The van der Waals surface area contributed by atoms with E-state index in [-0.39, 0.29) is 17.5 Å². The fraction of sp³-hybridized carbons (Fsp3) is 0.579.